The molecule has 0 amide bonds. The van der Waals surface area contributed by atoms with Crippen LogP contribution in [0.1, 0.15) is 29.8 Å². The lowest BCUT2D eigenvalue weighted by atomic mass is 9.93. The Balaban J connectivity index is 3.20. The van der Waals surface area contributed by atoms with E-state index >= 15 is 0 Å². The third-order valence-corrected chi connectivity index (χ3v) is 2.37. The molecule has 0 radical (unpaired) electrons. The molecule has 0 spiro atoms. The minimum atomic E-state index is -1.39. The average Bonchev–Trinajstić information content (AvgIpc) is 2.15. The molecule has 86 valence electrons. The van der Waals surface area contributed by atoms with Crippen LogP contribution in [-0.4, -0.2) is 17.5 Å². The second-order valence-corrected chi connectivity index (χ2v) is 4.16. The highest BCUT2D eigenvalue weighted by molar-refractivity contribution is 6.30. The molecule has 0 aliphatic carbocycles. The fraction of sp³-hybridized carbons (Fsp3) is 0.273. The van der Waals surface area contributed by atoms with Crippen molar-refractivity contribution in [3.63, 3.8) is 0 Å². The van der Waals surface area contributed by atoms with Gasteiger partial charge < -0.3 is 9.84 Å². The Morgan fingerprint density at radius 3 is 2.62 bits per heavy atom. The monoisotopic (exact) mass is 242 g/mol. The van der Waals surface area contributed by atoms with E-state index in [9.17, 15) is 9.59 Å². The smallest absolute Gasteiger partial charge is 0.450 e. The van der Waals surface area contributed by atoms with Crippen molar-refractivity contribution in [2.45, 2.75) is 19.4 Å². The number of aldehydes is 1. The summed E-state index contributed by atoms with van der Waals surface area (Å²) in [6, 6.07) is 4.63. The van der Waals surface area contributed by atoms with E-state index in [-0.39, 0.29) is 0 Å². The Morgan fingerprint density at radius 2 is 2.12 bits per heavy atom. The summed E-state index contributed by atoms with van der Waals surface area (Å²) in [7, 11) is 0. The summed E-state index contributed by atoms with van der Waals surface area (Å²) >= 11 is 5.74. The number of benzene rings is 1. The van der Waals surface area contributed by atoms with Gasteiger partial charge in [0.25, 0.3) is 0 Å². The van der Waals surface area contributed by atoms with Gasteiger partial charge in [0.1, 0.15) is 5.60 Å². The van der Waals surface area contributed by atoms with Crippen molar-refractivity contribution in [1.29, 1.82) is 0 Å². The van der Waals surface area contributed by atoms with Gasteiger partial charge in [-0.3, -0.25) is 4.79 Å². The van der Waals surface area contributed by atoms with Crippen LogP contribution in [0.3, 0.4) is 0 Å². The van der Waals surface area contributed by atoms with Crippen LogP contribution in [0.25, 0.3) is 0 Å². The third-order valence-electron chi connectivity index (χ3n) is 2.13. The average molecular weight is 243 g/mol. The van der Waals surface area contributed by atoms with Gasteiger partial charge in [0, 0.05) is 16.1 Å². The minimum Gasteiger partial charge on any atom is -0.450 e. The molecule has 0 saturated carbocycles. The molecule has 1 N–H and O–H groups in total. The Hall–Kier alpha value is -1.55. The number of rotatable bonds is 3. The first kappa shape index (κ1) is 12.5. The summed E-state index contributed by atoms with van der Waals surface area (Å²) < 4.78 is 4.72. The lowest BCUT2D eigenvalue weighted by molar-refractivity contribution is 0.000661. The number of carbonyl (C=O) groups is 2. The van der Waals surface area contributed by atoms with Gasteiger partial charge in [-0.15, -0.1) is 0 Å². The maximum absolute atomic E-state index is 10.9. The quantitative estimate of drug-likeness (QED) is 0.654. The molecule has 0 fully saturated rings. The summed E-state index contributed by atoms with van der Waals surface area (Å²) in [5, 5.41) is 9.01. The summed E-state index contributed by atoms with van der Waals surface area (Å²) in [6.45, 7) is 3.13. The number of carboxylic acid groups (broad SMARTS) is 1. The van der Waals surface area contributed by atoms with Gasteiger partial charge in [0.15, 0.2) is 6.29 Å². The summed E-state index contributed by atoms with van der Waals surface area (Å²) in [4.78, 5) is 21.4. The number of halogens is 1. The second-order valence-electron chi connectivity index (χ2n) is 3.73. The van der Waals surface area contributed by atoms with E-state index in [1.807, 2.05) is 0 Å². The predicted molar refractivity (Wildman–Crippen MR) is 59.0 cm³/mol. The molecule has 4 nitrogen and oxygen atoms in total. The standard InChI is InChI=1S/C11H11ClO4/c1-11(2,16-10(14)15)9-4-3-8(12)5-7(9)6-13/h3-6H,1-2H3,(H,14,15). The van der Waals surface area contributed by atoms with Gasteiger partial charge in [-0.1, -0.05) is 17.7 Å². The molecule has 0 unspecified atom stereocenters. The van der Waals surface area contributed by atoms with Gasteiger partial charge in [-0.05, 0) is 26.0 Å². The molecule has 1 aromatic carbocycles. The van der Waals surface area contributed by atoms with Gasteiger partial charge in [-0.2, -0.15) is 0 Å². The SMILES string of the molecule is CC(C)(OC(=O)O)c1ccc(Cl)cc1C=O. The van der Waals surface area contributed by atoms with Crippen LogP contribution in [-0.2, 0) is 10.3 Å². The molecule has 0 saturated heterocycles. The molecule has 1 aromatic rings. The maximum atomic E-state index is 10.9. The zero-order chi connectivity index (χ0) is 12.3. The van der Waals surface area contributed by atoms with Crippen molar-refractivity contribution < 1.29 is 19.4 Å². The molecule has 0 aliphatic rings. The third kappa shape index (κ3) is 2.73. The highest BCUT2D eigenvalue weighted by Crippen LogP contribution is 2.29. The van der Waals surface area contributed by atoms with Crippen LogP contribution < -0.4 is 0 Å². The summed E-state index contributed by atoms with van der Waals surface area (Å²) in [6.07, 6.45) is -0.773. The van der Waals surface area contributed by atoms with Crippen molar-refractivity contribution in [2.75, 3.05) is 0 Å². The van der Waals surface area contributed by atoms with Gasteiger partial charge in [0.05, 0.1) is 0 Å². The fourth-order valence-electron chi connectivity index (χ4n) is 1.45. The molecular weight excluding hydrogens is 232 g/mol. The highest BCUT2D eigenvalue weighted by Gasteiger charge is 2.27. The number of ether oxygens (including phenoxy) is 1. The van der Waals surface area contributed by atoms with E-state index in [4.69, 9.17) is 21.4 Å². The first-order valence-electron chi connectivity index (χ1n) is 4.54. The van der Waals surface area contributed by atoms with Gasteiger partial charge in [0.2, 0.25) is 0 Å². The van der Waals surface area contributed by atoms with E-state index in [0.717, 1.165) is 0 Å². The van der Waals surface area contributed by atoms with Gasteiger partial charge >= 0.3 is 6.16 Å². The van der Waals surface area contributed by atoms with E-state index in [2.05, 4.69) is 0 Å². The van der Waals surface area contributed by atoms with Gasteiger partial charge in [-0.25, -0.2) is 4.79 Å². The predicted octanol–water partition coefficient (Wildman–Crippen LogP) is 3.08. The molecular formula is C11H11ClO4. The van der Waals surface area contributed by atoms with Crippen LogP contribution in [0.2, 0.25) is 5.02 Å². The highest BCUT2D eigenvalue weighted by atomic mass is 35.5. The first-order chi connectivity index (χ1) is 7.36. The van der Waals surface area contributed by atoms with Crippen molar-refractivity contribution >= 4 is 24.0 Å². The van der Waals surface area contributed by atoms with E-state index in [1.165, 1.54) is 6.07 Å². The maximum Gasteiger partial charge on any atom is 0.506 e. The van der Waals surface area contributed by atoms with Crippen LogP contribution >= 0.6 is 11.6 Å². The van der Waals surface area contributed by atoms with E-state index in [0.29, 0.717) is 22.4 Å². The molecule has 0 atom stereocenters. The summed E-state index contributed by atoms with van der Waals surface area (Å²) in [5.74, 6) is 0. The number of hydrogen-bond donors (Lipinski definition) is 1. The minimum absolute atomic E-state index is 0.318. The van der Waals surface area contributed by atoms with E-state index < -0.39 is 11.8 Å². The lowest BCUT2D eigenvalue weighted by Gasteiger charge is -2.25. The van der Waals surface area contributed by atoms with Crippen molar-refractivity contribution in [2.24, 2.45) is 0 Å². The van der Waals surface area contributed by atoms with Crippen LogP contribution in [0.5, 0.6) is 0 Å². The largest absolute Gasteiger partial charge is 0.506 e. The Labute approximate surface area is 97.8 Å². The zero-order valence-corrected chi connectivity index (χ0v) is 9.62. The summed E-state index contributed by atoms with van der Waals surface area (Å²) in [5.41, 5.74) is -0.291. The van der Waals surface area contributed by atoms with Crippen LogP contribution in [0, 0.1) is 0 Å². The Kier molecular flexibility index (Phi) is 3.55. The second kappa shape index (κ2) is 4.53. The van der Waals surface area contributed by atoms with Crippen molar-refractivity contribution in [3.8, 4) is 0 Å². The lowest BCUT2D eigenvalue weighted by Crippen LogP contribution is -2.26. The molecule has 16 heavy (non-hydrogen) atoms. The molecule has 0 aromatic heterocycles. The van der Waals surface area contributed by atoms with Crippen LogP contribution in [0.15, 0.2) is 18.2 Å². The van der Waals surface area contributed by atoms with E-state index in [1.54, 1.807) is 26.0 Å². The first-order valence-corrected chi connectivity index (χ1v) is 4.92. The molecule has 5 heteroatoms. The molecule has 1 rings (SSSR count). The molecule has 0 bridgehead atoms. The normalized spacial score (nSPS) is 10.9. The molecule has 0 aliphatic heterocycles. The van der Waals surface area contributed by atoms with Crippen molar-refractivity contribution in [1.82, 2.24) is 0 Å². The zero-order valence-electron chi connectivity index (χ0n) is 8.86. The number of hydrogen-bond acceptors (Lipinski definition) is 3. The Bertz CT molecular complexity index is 426. The Morgan fingerprint density at radius 1 is 1.50 bits per heavy atom. The van der Waals surface area contributed by atoms with Crippen LogP contribution in [0.4, 0.5) is 4.79 Å². The topological polar surface area (TPSA) is 63.6 Å². The number of carbonyl (C=O) groups excluding carboxylic acids is 1. The van der Waals surface area contributed by atoms with Crippen molar-refractivity contribution in [3.05, 3.63) is 34.3 Å². The fourth-order valence-corrected chi connectivity index (χ4v) is 1.63. The molecule has 0 heterocycles.